The van der Waals surface area contributed by atoms with E-state index in [-0.39, 0.29) is 17.5 Å². The van der Waals surface area contributed by atoms with Crippen molar-refractivity contribution < 1.29 is 19.4 Å². The maximum absolute atomic E-state index is 13.2. The normalized spacial score (nSPS) is 17.9. The minimum Gasteiger partial charge on any atom is -0.545 e. The molecule has 5 heterocycles. The summed E-state index contributed by atoms with van der Waals surface area (Å²) in [7, 11) is 0. The molecule has 1 amide bonds. The number of carboxylic acid groups (broad SMARTS) is 1. The molecule has 0 atom stereocenters. The fourth-order valence-corrected chi connectivity index (χ4v) is 8.22. The molecule has 0 unspecified atom stereocenters. The number of hydrogen-bond donors (Lipinski definition) is 1. The molecule has 220 valence electrons. The SMILES string of the molecule is CC(C)NC(=O)c1ccc(C(=O)[O-])c(C2=c3cc4c5c(c3Oc3c2cc2c6c3CCCN6CCC2)CCC[N+]=5CCC4)c1. The first-order valence-corrected chi connectivity index (χ1v) is 16.0. The molecule has 0 saturated heterocycles. The largest absolute Gasteiger partial charge is 0.545 e. The van der Waals surface area contributed by atoms with E-state index >= 15 is 0 Å². The number of rotatable bonds is 4. The smallest absolute Gasteiger partial charge is 0.251 e. The molecule has 1 N–H and O–H groups in total. The van der Waals surface area contributed by atoms with Crippen molar-refractivity contribution in [3.05, 3.63) is 85.4 Å². The van der Waals surface area contributed by atoms with Crippen molar-refractivity contribution in [1.82, 2.24) is 9.89 Å². The zero-order valence-corrected chi connectivity index (χ0v) is 25.0. The van der Waals surface area contributed by atoms with Gasteiger partial charge in [-0.2, -0.15) is 0 Å². The summed E-state index contributed by atoms with van der Waals surface area (Å²) in [5.74, 6) is 0.252. The summed E-state index contributed by atoms with van der Waals surface area (Å²) in [6.07, 6.45) is 8.16. The van der Waals surface area contributed by atoms with Crippen LogP contribution < -0.4 is 35.2 Å². The summed E-state index contributed by atoms with van der Waals surface area (Å²) in [6.45, 7) is 8.07. The Kier molecular flexibility index (Phi) is 6.14. The van der Waals surface area contributed by atoms with E-state index in [9.17, 15) is 14.7 Å². The van der Waals surface area contributed by atoms with Crippen molar-refractivity contribution in [2.24, 2.45) is 0 Å². The minimum atomic E-state index is -1.25. The van der Waals surface area contributed by atoms with Crippen LogP contribution in [0.2, 0.25) is 0 Å². The van der Waals surface area contributed by atoms with E-state index in [0.717, 1.165) is 105 Å². The van der Waals surface area contributed by atoms with Crippen LogP contribution in [0.4, 0.5) is 5.69 Å². The van der Waals surface area contributed by atoms with Gasteiger partial charge in [-0.3, -0.25) is 4.79 Å². The Morgan fingerprint density at radius 2 is 1.63 bits per heavy atom. The van der Waals surface area contributed by atoms with E-state index < -0.39 is 5.97 Å². The third kappa shape index (κ3) is 4.11. The molecule has 3 aromatic carbocycles. The van der Waals surface area contributed by atoms with Gasteiger partial charge < -0.3 is 24.9 Å². The number of carbonyl (C=O) groups excluding carboxylic acids is 2. The summed E-state index contributed by atoms with van der Waals surface area (Å²) in [5.41, 5.74) is 9.24. The second kappa shape index (κ2) is 9.97. The number of aromatic carboxylic acids is 1. The van der Waals surface area contributed by atoms with Gasteiger partial charge in [-0.25, -0.2) is 4.58 Å². The predicted molar refractivity (Wildman–Crippen MR) is 164 cm³/mol. The molecule has 8 rings (SSSR count). The van der Waals surface area contributed by atoms with E-state index in [0.29, 0.717) is 11.1 Å². The van der Waals surface area contributed by atoms with Crippen LogP contribution >= 0.6 is 0 Å². The molecule has 5 aliphatic rings. The van der Waals surface area contributed by atoms with Gasteiger partial charge in [0, 0.05) is 76.3 Å². The average Bonchev–Trinajstić information content (AvgIpc) is 3.00. The van der Waals surface area contributed by atoms with Crippen LogP contribution in [-0.4, -0.2) is 44.1 Å². The first-order valence-electron chi connectivity index (χ1n) is 16.0. The molecule has 7 nitrogen and oxygen atoms in total. The Morgan fingerprint density at radius 1 is 0.884 bits per heavy atom. The summed E-state index contributed by atoms with van der Waals surface area (Å²) < 4.78 is 9.60. The Balaban J connectivity index is 1.50. The fourth-order valence-electron chi connectivity index (χ4n) is 8.22. The number of benzene rings is 3. The third-order valence-corrected chi connectivity index (χ3v) is 9.88. The van der Waals surface area contributed by atoms with Crippen LogP contribution in [0.15, 0.2) is 30.3 Å². The first kappa shape index (κ1) is 26.5. The standard InChI is InChI=1S/C36H37N3O4/c1-20(2)37-35(40)23-11-12-24(36(41)42)27(19-23)30-28-17-21-7-3-13-38-15-5-9-25(31(21)38)33(28)43-34-26-10-6-16-39-14-4-8-22(32(26)39)18-29(30)34/h11-12,17-20H,3-10,13-16H2,1-2H3,(H-,37,40,41,42). The van der Waals surface area contributed by atoms with Gasteiger partial charge in [-0.05, 0) is 87.8 Å². The molecular formula is C36H37N3O4. The van der Waals surface area contributed by atoms with E-state index in [4.69, 9.17) is 4.74 Å². The molecule has 5 aliphatic heterocycles. The molecule has 0 radical (unpaired) electrons. The number of nitrogens with zero attached hydrogens (tertiary/aromatic N) is 2. The monoisotopic (exact) mass is 575 g/mol. The van der Waals surface area contributed by atoms with E-state index in [1.807, 2.05) is 13.8 Å². The van der Waals surface area contributed by atoms with Crippen LogP contribution in [0.3, 0.4) is 0 Å². The van der Waals surface area contributed by atoms with Gasteiger partial charge in [-0.15, -0.1) is 0 Å². The number of carboxylic acids is 1. The second-order valence-corrected chi connectivity index (χ2v) is 13.0. The Bertz CT molecular complexity index is 1870. The van der Waals surface area contributed by atoms with Gasteiger partial charge >= 0.3 is 0 Å². The predicted octanol–water partition coefficient (Wildman–Crippen LogP) is 2.62. The van der Waals surface area contributed by atoms with Crippen molar-refractivity contribution in [2.75, 3.05) is 31.1 Å². The molecule has 43 heavy (non-hydrogen) atoms. The molecule has 0 fully saturated rings. The fraction of sp³-hybridized carbons (Fsp3) is 0.417. The van der Waals surface area contributed by atoms with Crippen LogP contribution in [0.1, 0.15) is 93.6 Å². The molecule has 0 aromatic heterocycles. The molecule has 3 aromatic rings. The number of hydrogen-bond acceptors (Lipinski definition) is 5. The second-order valence-electron chi connectivity index (χ2n) is 13.0. The number of nitrogens with one attached hydrogen (secondary N) is 1. The lowest BCUT2D eigenvalue weighted by Gasteiger charge is -2.39. The highest BCUT2D eigenvalue weighted by atomic mass is 16.5. The molecular weight excluding hydrogens is 538 g/mol. The highest BCUT2D eigenvalue weighted by Crippen LogP contribution is 2.48. The van der Waals surface area contributed by atoms with Crippen LogP contribution in [0, 0.1) is 0 Å². The highest BCUT2D eigenvalue weighted by molar-refractivity contribution is 6.02. The van der Waals surface area contributed by atoms with Crippen LogP contribution in [-0.2, 0) is 25.7 Å². The summed E-state index contributed by atoms with van der Waals surface area (Å²) in [6, 6.07) is 9.35. The Hall–Kier alpha value is -4.13. The van der Waals surface area contributed by atoms with Gasteiger partial charge in [0.25, 0.3) is 5.91 Å². The van der Waals surface area contributed by atoms with E-state index in [2.05, 4.69) is 26.9 Å². The van der Waals surface area contributed by atoms with Gasteiger partial charge in [0.05, 0.1) is 11.5 Å². The lowest BCUT2D eigenvalue weighted by molar-refractivity contribution is -0.255. The lowest BCUT2D eigenvalue weighted by atomic mass is 9.81. The molecule has 0 aliphatic carbocycles. The Labute approximate surface area is 251 Å². The van der Waals surface area contributed by atoms with Crippen molar-refractivity contribution in [2.45, 2.75) is 71.3 Å². The van der Waals surface area contributed by atoms with Crippen molar-refractivity contribution in [3.63, 3.8) is 0 Å². The van der Waals surface area contributed by atoms with Crippen LogP contribution in [0.5, 0.6) is 11.5 Å². The molecule has 0 bridgehead atoms. The zero-order valence-electron chi connectivity index (χ0n) is 25.0. The van der Waals surface area contributed by atoms with Crippen molar-refractivity contribution >= 4 is 23.1 Å². The van der Waals surface area contributed by atoms with E-state index in [1.54, 1.807) is 12.1 Å². The topological polar surface area (TPSA) is 84.7 Å². The maximum atomic E-state index is 13.2. The maximum Gasteiger partial charge on any atom is 0.251 e. The minimum absolute atomic E-state index is 0.0425. The number of carbonyl (C=O) groups is 2. The first-order chi connectivity index (χ1) is 20.9. The van der Waals surface area contributed by atoms with Gasteiger partial charge in [0.15, 0.2) is 0 Å². The molecule has 7 heteroatoms. The van der Waals surface area contributed by atoms with Gasteiger partial charge in [0.1, 0.15) is 24.6 Å². The average molecular weight is 576 g/mol. The summed E-state index contributed by atoms with van der Waals surface area (Å²) in [4.78, 5) is 28.4. The number of anilines is 1. The van der Waals surface area contributed by atoms with Crippen molar-refractivity contribution in [3.8, 4) is 11.5 Å². The quantitative estimate of drug-likeness (QED) is 0.379. The lowest BCUT2D eigenvalue weighted by Crippen LogP contribution is -2.45. The van der Waals surface area contributed by atoms with Gasteiger partial charge in [-0.1, -0.05) is 6.07 Å². The van der Waals surface area contributed by atoms with Crippen molar-refractivity contribution in [1.29, 1.82) is 0 Å². The summed E-state index contributed by atoms with van der Waals surface area (Å²) in [5, 5.41) is 17.9. The van der Waals surface area contributed by atoms with Crippen LogP contribution in [0.25, 0.3) is 5.57 Å². The zero-order chi connectivity index (χ0) is 29.4. The summed E-state index contributed by atoms with van der Waals surface area (Å²) >= 11 is 0. The molecule has 0 saturated carbocycles. The Morgan fingerprint density at radius 3 is 2.42 bits per heavy atom. The highest BCUT2D eigenvalue weighted by Gasteiger charge is 2.36. The number of amides is 1. The number of aryl methyl sites for hydroxylation is 2. The third-order valence-electron chi connectivity index (χ3n) is 9.88. The molecule has 0 spiro atoms. The van der Waals surface area contributed by atoms with Gasteiger partial charge in [0.2, 0.25) is 5.36 Å². The number of fused-ring (bicyclic) bond motifs is 4. The van der Waals surface area contributed by atoms with E-state index in [1.165, 1.54) is 39.4 Å². The number of ether oxygens (including phenoxy) is 1.